The van der Waals surface area contributed by atoms with Gasteiger partial charge in [-0.2, -0.15) is 0 Å². The van der Waals surface area contributed by atoms with Crippen LogP contribution in [-0.4, -0.2) is 107 Å². The number of aromatic amines is 1. The molecule has 352 valence electrons. The van der Waals surface area contributed by atoms with Crippen LogP contribution in [0.4, 0.5) is 11.4 Å². The first-order valence-corrected chi connectivity index (χ1v) is 23.4. The van der Waals surface area contributed by atoms with Gasteiger partial charge in [0.25, 0.3) is 11.8 Å². The molecule has 3 aliphatic heterocycles. The number of imide groups is 1. The van der Waals surface area contributed by atoms with Gasteiger partial charge in [-0.05, 0) is 130 Å². The fraction of sp³-hybridized carbons (Fsp3) is 0.420. The molecule has 0 radical (unpaired) electrons. The Labute approximate surface area is 390 Å². The number of fused-ring (bicyclic) bond motifs is 1. The Morgan fingerprint density at radius 2 is 1.64 bits per heavy atom. The molecule has 5 heterocycles. The van der Waals surface area contributed by atoms with Gasteiger partial charge in [0.05, 0.1) is 38.0 Å². The lowest BCUT2D eigenvalue weighted by molar-refractivity contribution is -0.136. The number of amides is 4. The van der Waals surface area contributed by atoms with Crippen molar-refractivity contribution in [2.24, 2.45) is 0 Å². The number of pyridine rings is 1. The van der Waals surface area contributed by atoms with E-state index in [4.69, 9.17) is 14.2 Å². The van der Waals surface area contributed by atoms with E-state index in [0.717, 1.165) is 91.3 Å². The number of unbranched alkanes of at least 4 members (excludes halogenated alkanes) is 3. The normalized spacial score (nSPS) is 17.1. The van der Waals surface area contributed by atoms with E-state index < -0.39 is 17.5 Å². The summed E-state index contributed by atoms with van der Waals surface area (Å²) in [5, 5.41) is 25.0. The molecule has 2 fully saturated rings. The number of rotatable bonds is 23. The molecular weight excluding hydrogens is 853 g/mol. The van der Waals surface area contributed by atoms with Gasteiger partial charge in [0.2, 0.25) is 11.8 Å². The predicted molar refractivity (Wildman–Crippen MR) is 252 cm³/mol. The zero-order valence-electron chi connectivity index (χ0n) is 38.0. The van der Waals surface area contributed by atoms with Gasteiger partial charge in [-0.1, -0.05) is 24.6 Å². The van der Waals surface area contributed by atoms with E-state index in [0.29, 0.717) is 69.5 Å². The Kier molecular flexibility index (Phi) is 15.8. The highest BCUT2D eigenvalue weighted by Gasteiger charge is 2.40. The van der Waals surface area contributed by atoms with Crippen LogP contribution in [0, 0.1) is 0 Å². The van der Waals surface area contributed by atoms with Crippen LogP contribution in [0.15, 0.2) is 91.3 Å². The number of nitrogens with one attached hydrogen (secondary N) is 6. The summed E-state index contributed by atoms with van der Waals surface area (Å²) in [6.07, 6.45) is 9.59. The number of anilines is 2. The molecule has 2 saturated heterocycles. The van der Waals surface area contributed by atoms with Crippen molar-refractivity contribution in [2.75, 3.05) is 63.3 Å². The summed E-state index contributed by atoms with van der Waals surface area (Å²) in [7, 11) is 0. The van der Waals surface area contributed by atoms with E-state index in [1.165, 1.54) is 0 Å². The molecule has 0 aliphatic carbocycles. The topological polar surface area (TPSA) is 214 Å². The Balaban J connectivity index is 0.680. The molecule has 2 aromatic heterocycles. The number of nitrogens with zero attached hydrogens (tertiary/aromatic N) is 4. The second kappa shape index (κ2) is 22.7. The minimum absolute atomic E-state index is 0.164. The smallest absolute Gasteiger partial charge is 0.255 e. The lowest BCUT2D eigenvalue weighted by Crippen LogP contribution is -2.52. The first kappa shape index (κ1) is 46.8. The van der Waals surface area contributed by atoms with E-state index in [1.807, 2.05) is 79.7 Å². The first-order valence-electron chi connectivity index (χ1n) is 23.4. The van der Waals surface area contributed by atoms with Crippen LogP contribution in [-0.2, 0) is 31.1 Å². The van der Waals surface area contributed by atoms with Gasteiger partial charge >= 0.3 is 0 Å². The Morgan fingerprint density at radius 1 is 0.851 bits per heavy atom. The van der Waals surface area contributed by atoms with Crippen LogP contribution < -0.4 is 31.3 Å². The van der Waals surface area contributed by atoms with E-state index in [1.54, 1.807) is 23.4 Å². The number of hydrogen-bond donors (Lipinski definition) is 6. The summed E-state index contributed by atoms with van der Waals surface area (Å²) in [5.74, 6) is 1.17. The van der Waals surface area contributed by atoms with Crippen molar-refractivity contribution in [1.82, 2.24) is 41.0 Å². The summed E-state index contributed by atoms with van der Waals surface area (Å²) in [6.45, 7) is 7.37. The molecule has 4 amide bonds. The van der Waals surface area contributed by atoms with Crippen molar-refractivity contribution in [3.8, 4) is 17.1 Å². The molecule has 1 unspecified atom stereocenters. The number of carbonyl (C=O) groups is 4. The van der Waals surface area contributed by atoms with E-state index >= 15 is 0 Å². The van der Waals surface area contributed by atoms with Crippen molar-refractivity contribution in [3.05, 3.63) is 119 Å². The highest BCUT2D eigenvalue weighted by molar-refractivity contribution is 6.05. The summed E-state index contributed by atoms with van der Waals surface area (Å²) in [5.41, 5.74) is 5.11. The van der Waals surface area contributed by atoms with E-state index in [-0.39, 0.29) is 30.2 Å². The summed E-state index contributed by atoms with van der Waals surface area (Å²) in [4.78, 5) is 59.4. The van der Waals surface area contributed by atoms with Crippen LogP contribution in [0.2, 0.25) is 0 Å². The molecule has 5 aromatic rings. The second-order valence-corrected chi connectivity index (χ2v) is 17.2. The third kappa shape index (κ3) is 12.2. The van der Waals surface area contributed by atoms with Gasteiger partial charge in [0.15, 0.2) is 11.6 Å². The van der Waals surface area contributed by atoms with Crippen molar-refractivity contribution in [2.45, 2.75) is 82.5 Å². The number of aromatic nitrogens is 4. The van der Waals surface area contributed by atoms with Crippen molar-refractivity contribution in [1.29, 1.82) is 0 Å². The Morgan fingerprint density at radius 3 is 2.46 bits per heavy atom. The quantitative estimate of drug-likeness (QED) is 0.0334. The predicted octanol–water partition coefficient (Wildman–Crippen LogP) is 5.89. The maximum absolute atomic E-state index is 13.6. The molecule has 8 rings (SSSR count). The largest absolute Gasteiger partial charge is 0.494 e. The van der Waals surface area contributed by atoms with Crippen molar-refractivity contribution < 1.29 is 33.4 Å². The molecule has 3 aromatic carbocycles. The lowest BCUT2D eigenvalue weighted by Gasteiger charge is -2.37. The van der Waals surface area contributed by atoms with Crippen LogP contribution in [0.3, 0.4) is 0 Å². The highest BCUT2D eigenvalue weighted by atomic mass is 16.5. The third-order valence-electron chi connectivity index (χ3n) is 12.5. The first-order chi connectivity index (χ1) is 32.7. The molecule has 0 spiro atoms. The number of carbonyl (C=O) groups excluding carboxylic acids is 4. The van der Waals surface area contributed by atoms with Gasteiger partial charge in [0, 0.05) is 66.6 Å². The van der Waals surface area contributed by atoms with Crippen LogP contribution in [0.5, 0.6) is 5.75 Å². The van der Waals surface area contributed by atoms with E-state index in [9.17, 15) is 19.2 Å². The van der Waals surface area contributed by atoms with E-state index in [2.05, 4.69) is 46.7 Å². The molecule has 3 aliphatic rings. The van der Waals surface area contributed by atoms with Gasteiger partial charge in [-0.3, -0.25) is 29.5 Å². The molecule has 2 atom stereocenters. The molecule has 0 saturated carbocycles. The Bertz CT molecular complexity index is 2480. The Hall–Kier alpha value is -6.69. The molecular formula is C50H60N10O7. The van der Waals surface area contributed by atoms with Crippen LogP contribution in [0.25, 0.3) is 11.4 Å². The van der Waals surface area contributed by atoms with Crippen LogP contribution >= 0.6 is 0 Å². The molecule has 17 nitrogen and oxygen atoms in total. The maximum Gasteiger partial charge on any atom is 0.255 e. The molecule has 67 heavy (non-hydrogen) atoms. The average molecular weight is 913 g/mol. The minimum atomic E-state index is -0.624. The minimum Gasteiger partial charge on any atom is -0.494 e. The third-order valence-corrected chi connectivity index (χ3v) is 12.5. The second-order valence-electron chi connectivity index (χ2n) is 17.2. The van der Waals surface area contributed by atoms with Crippen LogP contribution in [0.1, 0.15) is 102 Å². The number of ether oxygens (including phenoxy) is 3. The molecule has 6 N–H and O–H groups in total. The fourth-order valence-electron chi connectivity index (χ4n) is 8.77. The number of H-pyrrole nitrogens is 1. The van der Waals surface area contributed by atoms with Gasteiger partial charge in [0.1, 0.15) is 11.8 Å². The average Bonchev–Trinajstić information content (AvgIpc) is 3.98. The lowest BCUT2D eigenvalue weighted by atomic mass is 9.87. The molecule has 0 bridgehead atoms. The standard InChI is InChI=1S/C50H60N10O7/c1-34(54-46(62)37-9-6-10-40(30-37)57-50(18-22-52-23-19-50)49-56-45(58-59-49)35-16-20-51-21-17-35)36-8-7-11-41(32-36)67-26-5-3-2-4-25-65-28-29-66-27-24-53-39-12-13-42-38(31-39)33-60(48(42)64)43-14-15-44(61)55-47(43)63/h6-13,16-17,20-21,30-32,34,43,52-53,57H,2-5,14-15,18-19,22-29,33H2,1H3,(H,54,62)(H,55,61,63)(H,56,58,59)/t34-,43?/m1/s1. The maximum atomic E-state index is 13.6. The van der Waals surface area contributed by atoms with Gasteiger partial charge in [-0.15, -0.1) is 10.2 Å². The number of benzene rings is 3. The highest BCUT2D eigenvalue weighted by Crippen LogP contribution is 2.34. The molecule has 17 heteroatoms. The van der Waals surface area contributed by atoms with Gasteiger partial charge in [-0.25, -0.2) is 0 Å². The zero-order chi connectivity index (χ0) is 46.4. The summed E-state index contributed by atoms with van der Waals surface area (Å²) >= 11 is 0. The zero-order valence-corrected chi connectivity index (χ0v) is 38.0. The van der Waals surface area contributed by atoms with Crippen molar-refractivity contribution in [3.63, 3.8) is 0 Å². The van der Waals surface area contributed by atoms with Gasteiger partial charge < -0.3 is 45.4 Å². The summed E-state index contributed by atoms with van der Waals surface area (Å²) in [6, 6.07) is 24.0. The summed E-state index contributed by atoms with van der Waals surface area (Å²) < 4.78 is 17.6. The monoisotopic (exact) mass is 912 g/mol. The SMILES string of the molecule is C[C@@H](NC(=O)c1cccc(NC2(c3nnc(-c4ccncc4)[nH]3)CCNCC2)c1)c1cccc(OCCCCCCOCCOCCNc2ccc3c(c2)CN(C2CCC(=O)NC2=O)C3=O)c1. The fourth-order valence-corrected chi connectivity index (χ4v) is 8.77. The number of hydrogen-bond acceptors (Lipinski definition) is 13. The van der Waals surface area contributed by atoms with Crippen molar-refractivity contribution >= 4 is 35.0 Å². The number of piperidine rings is 2.